The van der Waals surface area contributed by atoms with Crippen LogP contribution in [0.15, 0.2) is 39.9 Å². The number of nitrogens with zero attached hydrogens (tertiary/aromatic N) is 4. The van der Waals surface area contributed by atoms with Gasteiger partial charge in [0.15, 0.2) is 0 Å². The molecule has 8 heteroatoms. The van der Waals surface area contributed by atoms with Gasteiger partial charge in [0.25, 0.3) is 11.4 Å². The van der Waals surface area contributed by atoms with Gasteiger partial charge in [-0.15, -0.1) is 11.3 Å². The Bertz CT molecular complexity index is 1130. The summed E-state index contributed by atoms with van der Waals surface area (Å²) in [6.07, 6.45) is 1.57. The minimum absolute atomic E-state index is 0.0510. The zero-order valence-corrected chi connectivity index (χ0v) is 15.1. The minimum atomic E-state index is -0.0510. The van der Waals surface area contributed by atoms with Crippen LogP contribution in [0.25, 0.3) is 32.4 Å². The average molecular weight is 373 g/mol. The van der Waals surface area contributed by atoms with Gasteiger partial charge in [-0.2, -0.15) is 4.98 Å². The Balaban J connectivity index is 1.83. The second-order valence-corrected chi connectivity index (χ2v) is 6.94. The number of hydrogen-bond donors (Lipinski definition) is 0. The summed E-state index contributed by atoms with van der Waals surface area (Å²) in [5.41, 5.74) is 1.57. The normalized spacial score (nSPS) is 11.3. The second-order valence-electron chi connectivity index (χ2n) is 5.50. The Morgan fingerprint density at radius 2 is 2.04 bits per heavy atom. The molecule has 4 aromatic rings. The van der Waals surface area contributed by atoms with Crippen LogP contribution < -0.4 is 5.56 Å². The van der Waals surface area contributed by atoms with Crippen molar-refractivity contribution < 1.29 is 4.52 Å². The van der Waals surface area contributed by atoms with Gasteiger partial charge < -0.3 is 4.52 Å². The zero-order chi connectivity index (χ0) is 17.6. The van der Waals surface area contributed by atoms with Crippen LogP contribution in [0.2, 0.25) is 5.02 Å². The Morgan fingerprint density at radius 1 is 1.28 bits per heavy atom. The molecule has 0 unspecified atom stereocenters. The van der Waals surface area contributed by atoms with Gasteiger partial charge in [0.1, 0.15) is 4.83 Å². The highest BCUT2D eigenvalue weighted by Crippen LogP contribution is 2.35. The van der Waals surface area contributed by atoms with Gasteiger partial charge in [-0.3, -0.25) is 9.36 Å². The van der Waals surface area contributed by atoms with Crippen LogP contribution in [0.4, 0.5) is 0 Å². The number of aromatic nitrogens is 4. The van der Waals surface area contributed by atoms with E-state index in [9.17, 15) is 4.79 Å². The Labute approximate surface area is 151 Å². The third-order valence-electron chi connectivity index (χ3n) is 3.98. The van der Waals surface area contributed by atoms with Gasteiger partial charge in [0.05, 0.1) is 16.6 Å². The van der Waals surface area contributed by atoms with Crippen LogP contribution >= 0.6 is 22.9 Å². The molecule has 0 bridgehead atoms. The SMILES string of the molecule is CCn1cnc2sc(-c3nc(-c4ccc(Cl)cc4)no3)c(C)c2c1=O. The molecule has 0 aliphatic carbocycles. The first-order chi connectivity index (χ1) is 12.1. The van der Waals surface area contributed by atoms with Gasteiger partial charge in [-0.05, 0) is 43.7 Å². The molecule has 0 atom stereocenters. The van der Waals surface area contributed by atoms with Crippen molar-refractivity contribution in [3.63, 3.8) is 0 Å². The van der Waals surface area contributed by atoms with E-state index in [2.05, 4.69) is 15.1 Å². The highest BCUT2D eigenvalue weighted by Gasteiger charge is 2.20. The van der Waals surface area contributed by atoms with E-state index in [-0.39, 0.29) is 5.56 Å². The number of benzene rings is 1. The molecule has 0 fully saturated rings. The van der Waals surface area contributed by atoms with E-state index in [1.54, 1.807) is 23.0 Å². The smallest absolute Gasteiger partial charge is 0.268 e. The molecule has 25 heavy (non-hydrogen) atoms. The zero-order valence-electron chi connectivity index (χ0n) is 13.5. The summed E-state index contributed by atoms with van der Waals surface area (Å²) >= 11 is 7.28. The van der Waals surface area contributed by atoms with E-state index in [1.165, 1.54) is 11.3 Å². The largest absolute Gasteiger partial charge is 0.333 e. The number of aryl methyl sites for hydroxylation is 2. The minimum Gasteiger partial charge on any atom is -0.333 e. The number of rotatable bonds is 3. The quantitative estimate of drug-likeness (QED) is 0.540. The molecule has 4 rings (SSSR count). The van der Waals surface area contributed by atoms with Crippen molar-refractivity contribution in [3.8, 4) is 22.2 Å². The standard InChI is InChI=1S/C17H13ClN4O2S/c1-3-22-8-19-16-12(17(22)23)9(2)13(25-16)15-20-14(21-24-15)10-4-6-11(18)7-5-10/h4-8H,3H2,1-2H3. The highest BCUT2D eigenvalue weighted by molar-refractivity contribution is 7.22. The van der Waals surface area contributed by atoms with Crippen molar-refractivity contribution >= 4 is 33.2 Å². The van der Waals surface area contributed by atoms with Gasteiger partial charge >= 0.3 is 0 Å². The number of halogens is 1. The van der Waals surface area contributed by atoms with Crippen molar-refractivity contribution in [2.45, 2.75) is 20.4 Å². The molecule has 0 aliphatic rings. The van der Waals surface area contributed by atoms with Crippen LogP contribution in [0.5, 0.6) is 0 Å². The van der Waals surface area contributed by atoms with E-state index in [0.29, 0.717) is 33.5 Å². The van der Waals surface area contributed by atoms with Gasteiger partial charge in [-0.25, -0.2) is 4.98 Å². The number of hydrogen-bond acceptors (Lipinski definition) is 6. The predicted molar refractivity (Wildman–Crippen MR) is 98.0 cm³/mol. The summed E-state index contributed by atoms with van der Waals surface area (Å²) in [7, 11) is 0. The molecule has 0 spiro atoms. The topological polar surface area (TPSA) is 73.8 Å². The first kappa shape index (κ1) is 16.0. The van der Waals surface area contributed by atoms with Crippen molar-refractivity contribution in [1.29, 1.82) is 0 Å². The predicted octanol–water partition coefficient (Wildman–Crippen LogP) is 4.16. The molecule has 0 saturated carbocycles. The van der Waals surface area contributed by atoms with Crippen LogP contribution in [-0.2, 0) is 6.54 Å². The highest BCUT2D eigenvalue weighted by atomic mass is 35.5. The number of fused-ring (bicyclic) bond motifs is 1. The van der Waals surface area contributed by atoms with Gasteiger partial charge in [-0.1, -0.05) is 16.8 Å². The van der Waals surface area contributed by atoms with Crippen LogP contribution in [0, 0.1) is 6.92 Å². The van der Waals surface area contributed by atoms with E-state index in [1.807, 2.05) is 26.0 Å². The fourth-order valence-corrected chi connectivity index (χ4v) is 3.81. The molecule has 0 amide bonds. The first-order valence-electron chi connectivity index (χ1n) is 7.67. The first-order valence-corrected chi connectivity index (χ1v) is 8.86. The molecule has 126 valence electrons. The van der Waals surface area contributed by atoms with Gasteiger partial charge in [0.2, 0.25) is 5.82 Å². The summed E-state index contributed by atoms with van der Waals surface area (Å²) in [5, 5.41) is 5.29. The molecular formula is C17H13ClN4O2S. The summed E-state index contributed by atoms with van der Waals surface area (Å²) in [6.45, 7) is 4.37. The fourth-order valence-electron chi connectivity index (χ4n) is 2.62. The lowest BCUT2D eigenvalue weighted by molar-refractivity contribution is 0.433. The Hall–Kier alpha value is -2.51. The molecule has 1 aromatic carbocycles. The van der Waals surface area contributed by atoms with Crippen molar-refractivity contribution in [2.75, 3.05) is 0 Å². The molecular weight excluding hydrogens is 360 g/mol. The third kappa shape index (κ3) is 2.65. The monoisotopic (exact) mass is 372 g/mol. The van der Waals surface area contributed by atoms with E-state index < -0.39 is 0 Å². The van der Waals surface area contributed by atoms with E-state index in [0.717, 1.165) is 16.0 Å². The fraction of sp³-hybridized carbons (Fsp3) is 0.176. The summed E-state index contributed by atoms with van der Waals surface area (Å²) in [4.78, 5) is 22.8. The van der Waals surface area contributed by atoms with E-state index in [4.69, 9.17) is 16.1 Å². The molecule has 0 radical (unpaired) electrons. The second kappa shape index (κ2) is 6.09. The lowest BCUT2D eigenvalue weighted by Gasteiger charge is -1.99. The van der Waals surface area contributed by atoms with E-state index >= 15 is 0 Å². The molecule has 0 N–H and O–H groups in total. The molecule has 3 aromatic heterocycles. The maximum atomic E-state index is 12.5. The van der Waals surface area contributed by atoms with Crippen LogP contribution in [0.3, 0.4) is 0 Å². The summed E-state index contributed by atoms with van der Waals surface area (Å²) < 4.78 is 7.00. The van der Waals surface area contributed by atoms with Crippen LogP contribution in [-0.4, -0.2) is 19.7 Å². The maximum Gasteiger partial charge on any atom is 0.268 e. The lowest BCUT2D eigenvalue weighted by Crippen LogP contribution is -2.19. The van der Waals surface area contributed by atoms with Crippen molar-refractivity contribution in [3.05, 3.63) is 51.5 Å². The molecule has 0 aliphatic heterocycles. The lowest BCUT2D eigenvalue weighted by atomic mass is 10.2. The molecule has 6 nitrogen and oxygen atoms in total. The average Bonchev–Trinajstić information content (AvgIpc) is 3.21. The Kier molecular flexibility index (Phi) is 3.89. The van der Waals surface area contributed by atoms with Crippen LogP contribution in [0.1, 0.15) is 12.5 Å². The Morgan fingerprint density at radius 3 is 2.76 bits per heavy atom. The number of thiophene rings is 1. The summed E-state index contributed by atoms with van der Waals surface area (Å²) in [5.74, 6) is 0.857. The summed E-state index contributed by atoms with van der Waals surface area (Å²) in [6, 6.07) is 7.20. The van der Waals surface area contributed by atoms with Crippen molar-refractivity contribution in [2.24, 2.45) is 0 Å². The molecule has 3 heterocycles. The maximum absolute atomic E-state index is 12.5. The van der Waals surface area contributed by atoms with Gasteiger partial charge in [0, 0.05) is 17.1 Å². The van der Waals surface area contributed by atoms with Crippen molar-refractivity contribution in [1.82, 2.24) is 19.7 Å². The molecule has 0 saturated heterocycles. The third-order valence-corrected chi connectivity index (χ3v) is 5.42.